The van der Waals surface area contributed by atoms with E-state index in [1.807, 2.05) is 29.2 Å². The molecule has 1 saturated heterocycles. The second-order valence-corrected chi connectivity index (χ2v) is 5.09. The second kappa shape index (κ2) is 6.66. The fourth-order valence-electron chi connectivity index (χ4n) is 1.88. The topological polar surface area (TPSA) is 41.6 Å². The third-order valence-corrected chi connectivity index (χ3v) is 3.93. The van der Waals surface area contributed by atoms with E-state index in [1.165, 1.54) is 11.8 Å². The largest absolute Gasteiger partial charge is 0.496 e. The van der Waals surface area contributed by atoms with Gasteiger partial charge in [-0.3, -0.25) is 4.79 Å². The molecule has 0 aromatic heterocycles. The summed E-state index contributed by atoms with van der Waals surface area (Å²) in [6, 6.07) is 7.79. The summed E-state index contributed by atoms with van der Waals surface area (Å²) in [5.41, 5.74) is 0. The number of nitrogens with zero attached hydrogens (tertiary/aromatic N) is 1. The van der Waals surface area contributed by atoms with Gasteiger partial charge in [0.25, 0.3) is 0 Å². The first-order valence-corrected chi connectivity index (χ1v) is 7.04. The number of nitrogens with one attached hydrogen (secondary N) is 1. The Bertz CT molecular complexity index is 406. The molecule has 0 aliphatic carbocycles. The molecule has 1 aliphatic heterocycles. The number of methoxy groups -OCH3 is 1. The summed E-state index contributed by atoms with van der Waals surface area (Å²) < 4.78 is 5.27. The van der Waals surface area contributed by atoms with Crippen LogP contribution in [0.2, 0.25) is 0 Å². The van der Waals surface area contributed by atoms with Crippen LogP contribution in [0.1, 0.15) is 0 Å². The molecule has 1 amide bonds. The van der Waals surface area contributed by atoms with E-state index in [4.69, 9.17) is 4.74 Å². The zero-order chi connectivity index (χ0) is 12.8. The first kappa shape index (κ1) is 13.2. The lowest BCUT2D eigenvalue weighted by atomic mass is 10.3. The molecule has 0 unspecified atom stereocenters. The van der Waals surface area contributed by atoms with Crippen molar-refractivity contribution in [3.05, 3.63) is 24.3 Å². The van der Waals surface area contributed by atoms with E-state index in [0.717, 1.165) is 36.8 Å². The van der Waals surface area contributed by atoms with Gasteiger partial charge in [-0.25, -0.2) is 0 Å². The Morgan fingerprint density at radius 1 is 1.39 bits per heavy atom. The first-order chi connectivity index (χ1) is 8.81. The van der Waals surface area contributed by atoms with Crippen molar-refractivity contribution in [3.8, 4) is 5.75 Å². The molecule has 1 heterocycles. The van der Waals surface area contributed by atoms with Gasteiger partial charge in [-0.05, 0) is 12.1 Å². The number of carbonyl (C=O) groups is 1. The van der Waals surface area contributed by atoms with E-state index in [9.17, 15) is 4.79 Å². The van der Waals surface area contributed by atoms with Crippen LogP contribution in [0.5, 0.6) is 5.75 Å². The van der Waals surface area contributed by atoms with E-state index in [2.05, 4.69) is 5.32 Å². The summed E-state index contributed by atoms with van der Waals surface area (Å²) in [4.78, 5) is 14.9. The van der Waals surface area contributed by atoms with Crippen molar-refractivity contribution in [1.82, 2.24) is 10.2 Å². The molecule has 0 spiro atoms. The van der Waals surface area contributed by atoms with Crippen LogP contribution in [0, 0.1) is 0 Å². The highest BCUT2D eigenvalue weighted by Crippen LogP contribution is 2.28. The molecule has 1 aromatic carbocycles. The number of rotatable bonds is 4. The average Bonchev–Trinajstić information content (AvgIpc) is 2.46. The van der Waals surface area contributed by atoms with E-state index in [1.54, 1.807) is 7.11 Å². The number of hydrogen-bond donors (Lipinski definition) is 1. The Kier molecular flexibility index (Phi) is 4.90. The van der Waals surface area contributed by atoms with Gasteiger partial charge in [-0.2, -0.15) is 0 Å². The predicted octanol–water partition coefficient (Wildman–Crippen LogP) is 1.22. The number of para-hydroxylation sites is 1. The number of ether oxygens (including phenoxy) is 1. The van der Waals surface area contributed by atoms with Crippen molar-refractivity contribution in [2.24, 2.45) is 0 Å². The van der Waals surface area contributed by atoms with Gasteiger partial charge >= 0.3 is 0 Å². The molecular formula is C13H18N2O2S. The van der Waals surface area contributed by atoms with Crippen LogP contribution in [0.4, 0.5) is 0 Å². The van der Waals surface area contributed by atoms with Gasteiger partial charge in [0.2, 0.25) is 5.91 Å². The standard InChI is InChI=1S/C13H18N2O2S/c1-17-11-4-2-3-5-12(11)18-10-13(16)15-8-6-14-7-9-15/h2-5,14H,6-10H2,1H3. The van der Waals surface area contributed by atoms with Crippen molar-refractivity contribution in [3.63, 3.8) is 0 Å². The fraction of sp³-hybridized carbons (Fsp3) is 0.462. The molecule has 98 valence electrons. The lowest BCUT2D eigenvalue weighted by molar-refractivity contribution is -0.128. The fourth-order valence-corrected chi connectivity index (χ4v) is 2.81. The smallest absolute Gasteiger partial charge is 0.233 e. The summed E-state index contributed by atoms with van der Waals surface area (Å²) in [6.45, 7) is 3.41. The monoisotopic (exact) mass is 266 g/mol. The zero-order valence-electron chi connectivity index (χ0n) is 10.5. The quantitative estimate of drug-likeness (QED) is 0.832. The van der Waals surface area contributed by atoms with Gasteiger partial charge in [0, 0.05) is 31.1 Å². The van der Waals surface area contributed by atoms with Gasteiger partial charge in [-0.1, -0.05) is 12.1 Å². The minimum atomic E-state index is 0.201. The normalized spacial score (nSPS) is 15.5. The van der Waals surface area contributed by atoms with Crippen LogP contribution in [0.15, 0.2) is 29.2 Å². The SMILES string of the molecule is COc1ccccc1SCC(=O)N1CCNCC1. The Balaban J connectivity index is 1.88. The number of carbonyl (C=O) groups excluding carboxylic acids is 1. The van der Waals surface area contributed by atoms with Crippen LogP contribution in [0.25, 0.3) is 0 Å². The number of thioether (sulfide) groups is 1. The Morgan fingerprint density at radius 3 is 2.83 bits per heavy atom. The summed E-state index contributed by atoms with van der Waals surface area (Å²) in [5.74, 6) is 1.50. The predicted molar refractivity (Wildman–Crippen MR) is 73.2 cm³/mol. The van der Waals surface area contributed by atoms with E-state index in [-0.39, 0.29) is 5.91 Å². The van der Waals surface area contributed by atoms with Crippen LogP contribution >= 0.6 is 11.8 Å². The molecule has 1 fully saturated rings. The van der Waals surface area contributed by atoms with Crippen LogP contribution in [0.3, 0.4) is 0 Å². The van der Waals surface area contributed by atoms with Crippen molar-refractivity contribution >= 4 is 17.7 Å². The number of hydrogen-bond acceptors (Lipinski definition) is 4. The van der Waals surface area contributed by atoms with Gasteiger partial charge in [0.15, 0.2) is 0 Å². The van der Waals surface area contributed by atoms with E-state index in [0.29, 0.717) is 5.75 Å². The molecule has 1 N–H and O–H groups in total. The minimum absolute atomic E-state index is 0.201. The Labute approximate surface area is 112 Å². The number of benzene rings is 1. The molecule has 5 heteroatoms. The molecule has 1 aromatic rings. The zero-order valence-corrected chi connectivity index (χ0v) is 11.3. The number of piperazine rings is 1. The summed E-state index contributed by atoms with van der Waals surface area (Å²) in [5, 5.41) is 3.24. The van der Waals surface area contributed by atoms with Crippen LogP contribution < -0.4 is 10.1 Å². The number of amides is 1. The maximum atomic E-state index is 12.0. The Hall–Kier alpha value is -1.20. The summed E-state index contributed by atoms with van der Waals surface area (Å²) in [7, 11) is 1.65. The second-order valence-electron chi connectivity index (χ2n) is 4.07. The molecule has 0 bridgehead atoms. The van der Waals surface area contributed by atoms with E-state index < -0.39 is 0 Å². The van der Waals surface area contributed by atoms with Gasteiger partial charge in [-0.15, -0.1) is 11.8 Å². The lowest BCUT2D eigenvalue weighted by Gasteiger charge is -2.27. The molecule has 0 saturated carbocycles. The van der Waals surface area contributed by atoms with E-state index >= 15 is 0 Å². The van der Waals surface area contributed by atoms with Gasteiger partial charge < -0.3 is 15.0 Å². The van der Waals surface area contributed by atoms with Crippen molar-refractivity contribution < 1.29 is 9.53 Å². The minimum Gasteiger partial charge on any atom is -0.496 e. The Morgan fingerprint density at radius 2 is 2.11 bits per heavy atom. The molecule has 4 nitrogen and oxygen atoms in total. The molecule has 18 heavy (non-hydrogen) atoms. The molecule has 0 atom stereocenters. The maximum Gasteiger partial charge on any atom is 0.233 e. The summed E-state index contributed by atoms with van der Waals surface area (Å²) >= 11 is 1.54. The maximum absolute atomic E-state index is 12.0. The third kappa shape index (κ3) is 3.40. The molecular weight excluding hydrogens is 248 g/mol. The van der Waals surface area contributed by atoms with Crippen LogP contribution in [-0.4, -0.2) is 49.8 Å². The molecule has 0 radical (unpaired) electrons. The molecule has 1 aliphatic rings. The van der Waals surface area contributed by atoms with Crippen molar-refractivity contribution in [2.45, 2.75) is 4.90 Å². The van der Waals surface area contributed by atoms with Gasteiger partial charge in [0.05, 0.1) is 12.9 Å². The highest BCUT2D eigenvalue weighted by molar-refractivity contribution is 8.00. The molecule has 2 rings (SSSR count). The third-order valence-electron chi connectivity index (χ3n) is 2.89. The highest BCUT2D eigenvalue weighted by Gasteiger charge is 2.16. The average molecular weight is 266 g/mol. The van der Waals surface area contributed by atoms with Crippen molar-refractivity contribution in [1.29, 1.82) is 0 Å². The van der Waals surface area contributed by atoms with Crippen molar-refractivity contribution in [2.75, 3.05) is 39.0 Å². The van der Waals surface area contributed by atoms with Gasteiger partial charge in [0.1, 0.15) is 5.75 Å². The van der Waals surface area contributed by atoms with Crippen LogP contribution in [-0.2, 0) is 4.79 Å². The lowest BCUT2D eigenvalue weighted by Crippen LogP contribution is -2.47. The first-order valence-electron chi connectivity index (χ1n) is 6.05. The highest BCUT2D eigenvalue weighted by atomic mass is 32.2. The summed E-state index contributed by atoms with van der Waals surface area (Å²) in [6.07, 6.45) is 0.